The Bertz CT molecular complexity index is 993. The number of piperidine rings is 1. The summed E-state index contributed by atoms with van der Waals surface area (Å²) in [5.41, 5.74) is 0.649. The number of Topliss-reactive ketones (excluding diaryl/α,β-unsaturated/α-hetero) is 1. The zero-order chi connectivity index (χ0) is 22.9. The Morgan fingerprint density at radius 3 is 2.53 bits per heavy atom. The fraction of sp³-hybridized carbons (Fsp3) is 0.478. The maximum Gasteiger partial charge on any atom is 0.407 e. The predicted molar refractivity (Wildman–Crippen MR) is 122 cm³/mol. The van der Waals surface area contributed by atoms with E-state index in [1.54, 1.807) is 18.3 Å². The van der Waals surface area contributed by atoms with Gasteiger partial charge in [-0.3, -0.25) is 9.69 Å². The van der Waals surface area contributed by atoms with Gasteiger partial charge >= 0.3 is 6.09 Å². The Morgan fingerprint density at radius 1 is 1.22 bits per heavy atom. The van der Waals surface area contributed by atoms with Crippen LogP contribution in [0.15, 0.2) is 36.5 Å². The van der Waals surface area contributed by atoms with Gasteiger partial charge in [-0.05, 0) is 43.5 Å². The number of carbonyl (C=O) groups is 2. The molecule has 0 radical (unpaired) electrons. The molecule has 2 atom stereocenters. The van der Waals surface area contributed by atoms with Gasteiger partial charge in [-0.2, -0.15) is 0 Å². The number of hydrogen-bond acceptors (Lipinski definition) is 6. The van der Waals surface area contributed by atoms with Crippen LogP contribution in [0.3, 0.4) is 0 Å². The van der Waals surface area contributed by atoms with Crippen LogP contribution < -0.4 is 10.2 Å². The van der Waals surface area contributed by atoms with E-state index in [-0.39, 0.29) is 17.6 Å². The molecule has 0 saturated carbocycles. The van der Waals surface area contributed by atoms with Crippen molar-refractivity contribution in [3.8, 4) is 0 Å². The molecule has 2 aliphatic rings. The molecule has 2 fully saturated rings. The number of hydrogen-bond donors (Lipinski definition) is 2. The number of halogens is 1. The summed E-state index contributed by atoms with van der Waals surface area (Å²) >= 11 is 6.06. The fourth-order valence-corrected chi connectivity index (χ4v) is 5.14. The van der Waals surface area contributed by atoms with Gasteiger partial charge in [-0.1, -0.05) is 23.7 Å². The number of aromatic nitrogens is 2. The minimum atomic E-state index is -1.16. The quantitative estimate of drug-likeness (QED) is 0.712. The third-order valence-corrected chi connectivity index (χ3v) is 7.09. The van der Waals surface area contributed by atoms with Crippen molar-refractivity contribution in [3.63, 3.8) is 0 Å². The molecule has 2 saturated heterocycles. The van der Waals surface area contributed by atoms with Crippen LogP contribution in [-0.2, 0) is 4.79 Å². The van der Waals surface area contributed by atoms with Crippen LogP contribution in [0.5, 0.6) is 0 Å². The highest BCUT2D eigenvalue weighted by Crippen LogP contribution is 2.41. The lowest BCUT2D eigenvalue weighted by molar-refractivity contribution is -0.134. The van der Waals surface area contributed by atoms with Crippen molar-refractivity contribution in [2.45, 2.75) is 31.2 Å². The van der Waals surface area contributed by atoms with Gasteiger partial charge in [-0.15, -0.1) is 0 Å². The molecule has 0 aliphatic carbocycles. The number of ketones is 1. The molecule has 0 bridgehead atoms. The number of carboxylic acid groups (broad SMARTS) is 1. The molecule has 1 amide bonds. The fourth-order valence-electron chi connectivity index (χ4n) is 5.02. The number of nitrogens with zero attached hydrogens (tertiary/aromatic N) is 4. The van der Waals surface area contributed by atoms with Crippen molar-refractivity contribution < 1.29 is 14.7 Å². The van der Waals surface area contributed by atoms with Gasteiger partial charge in [-0.25, -0.2) is 14.8 Å². The van der Waals surface area contributed by atoms with E-state index in [9.17, 15) is 14.7 Å². The number of anilines is 1. The second kappa shape index (κ2) is 9.03. The minimum Gasteiger partial charge on any atom is -0.465 e. The average Bonchev–Trinajstić information content (AvgIpc) is 3.24. The van der Waals surface area contributed by atoms with Crippen molar-refractivity contribution in [1.29, 1.82) is 0 Å². The molecule has 3 heterocycles. The highest BCUT2D eigenvalue weighted by molar-refractivity contribution is 6.30. The molecule has 1 aromatic carbocycles. The lowest BCUT2D eigenvalue weighted by Crippen LogP contribution is -2.61. The van der Waals surface area contributed by atoms with Crippen LogP contribution in [-0.4, -0.2) is 70.6 Å². The molecule has 2 N–H and O–H groups in total. The van der Waals surface area contributed by atoms with Gasteiger partial charge in [0.25, 0.3) is 0 Å². The average molecular weight is 458 g/mol. The number of carbonyl (C=O) groups excluding carboxylic acids is 1. The van der Waals surface area contributed by atoms with E-state index in [0.29, 0.717) is 50.0 Å². The first kappa shape index (κ1) is 22.5. The first-order chi connectivity index (χ1) is 15.3. The smallest absolute Gasteiger partial charge is 0.407 e. The summed E-state index contributed by atoms with van der Waals surface area (Å²) in [5, 5.41) is 13.8. The van der Waals surface area contributed by atoms with Crippen LogP contribution in [0.25, 0.3) is 0 Å². The van der Waals surface area contributed by atoms with Crippen molar-refractivity contribution in [3.05, 3.63) is 52.8 Å². The maximum atomic E-state index is 14.0. The summed E-state index contributed by atoms with van der Waals surface area (Å²) in [7, 11) is 1.51. The number of benzene rings is 1. The first-order valence-corrected chi connectivity index (χ1v) is 11.2. The van der Waals surface area contributed by atoms with Gasteiger partial charge in [0, 0.05) is 62.0 Å². The van der Waals surface area contributed by atoms with Crippen molar-refractivity contribution in [2.75, 3.05) is 38.1 Å². The predicted octanol–water partition coefficient (Wildman–Crippen LogP) is 2.96. The van der Waals surface area contributed by atoms with Crippen LogP contribution in [0.4, 0.5) is 10.7 Å². The van der Waals surface area contributed by atoms with E-state index < -0.39 is 11.6 Å². The van der Waals surface area contributed by atoms with Crippen molar-refractivity contribution in [1.82, 2.24) is 20.2 Å². The molecule has 170 valence electrons. The Balaban J connectivity index is 1.59. The summed E-state index contributed by atoms with van der Waals surface area (Å²) < 4.78 is 0. The molecule has 9 heteroatoms. The second-order valence-electron chi connectivity index (χ2n) is 8.62. The number of rotatable bonds is 5. The van der Waals surface area contributed by atoms with E-state index in [2.05, 4.69) is 20.2 Å². The lowest BCUT2D eigenvalue weighted by atomic mass is 9.72. The van der Waals surface area contributed by atoms with Crippen molar-refractivity contribution in [2.24, 2.45) is 5.92 Å². The van der Waals surface area contributed by atoms with E-state index >= 15 is 0 Å². The molecular weight excluding hydrogens is 430 g/mol. The zero-order valence-corrected chi connectivity index (χ0v) is 19.0. The lowest BCUT2D eigenvalue weighted by Gasteiger charge is -2.43. The summed E-state index contributed by atoms with van der Waals surface area (Å²) in [6, 6.07) is 9.19. The van der Waals surface area contributed by atoms with E-state index in [4.69, 9.17) is 11.6 Å². The molecule has 0 unspecified atom stereocenters. The largest absolute Gasteiger partial charge is 0.465 e. The Morgan fingerprint density at radius 2 is 1.91 bits per heavy atom. The van der Waals surface area contributed by atoms with Crippen molar-refractivity contribution >= 4 is 29.4 Å². The number of likely N-dealkylation sites (N-methyl/N-ethyl adjacent to an activating group) is 1. The Kier molecular flexibility index (Phi) is 6.35. The molecule has 1 aromatic heterocycles. The minimum absolute atomic E-state index is 0.0165. The third kappa shape index (κ3) is 4.04. The molecule has 0 spiro atoms. The monoisotopic (exact) mass is 457 g/mol. The summed E-state index contributed by atoms with van der Waals surface area (Å²) in [4.78, 5) is 38.2. The number of nitrogens with one attached hydrogen (secondary N) is 1. The highest BCUT2D eigenvalue weighted by Gasteiger charge is 2.56. The number of amides is 1. The van der Waals surface area contributed by atoms with Crippen LogP contribution in [0.1, 0.15) is 30.0 Å². The van der Waals surface area contributed by atoms with Gasteiger partial charge < -0.3 is 15.3 Å². The standard InChI is InChI=1S/C23H28ClN5O3/c1-15-7-10-26-21(27-15)29-11-8-17(9-12-29)20(30)23(28(2)22(31)32)14-25-13-19(23)16-3-5-18(24)6-4-16/h3-7,10,17,19,25H,8-9,11-14H2,1-2H3,(H,31,32)/t19-,23+/m0/s1. The van der Waals surface area contributed by atoms with Gasteiger partial charge in [0.15, 0.2) is 5.78 Å². The van der Waals surface area contributed by atoms with Crippen LogP contribution in [0.2, 0.25) is 5.02 Å². The molecule has 32 heavy (non-hydrogen) atoms. The zero-order valence-electron chi connectivity index (χ0n) is 18.3. The topological polar surface area (TPSA) is 98.7 Å². The summed E-state index contributed by atoms with van der Waals surface area (Å²) in [6.07, 6.45) is 1.91. The molecule has 2 aliphatic heterocycles. The van der Waals surface area contributed by atoms with Gasteiger partial charge in [0.05, 0.1) is 0 Å². The molecule has 8 nitrogen and oxygen atoms in total. The third-order valence-electron chi connectivity index (χ3n) is 6.83. The highest BCUT2D eigenvalue weighted by atomic mass is 35.5. The van der Waals surface area contributed by atoms with Gasteiger partial charge in [0.1, 0.15) is 5.54 Å². The second-order valence-corrected chi connectivity index (χ2v) is 9.06. The SMILES string of the molecule is Cc1ccnc(N2CCC(C(=O)[C@@]3(N(C)C(=O)O)CNC[C@H]3c3ccc(Cl)cc3)CC2)n1. The Hall–Kier alpha value is -2.71. The van der Waals surface area contributed by atoms with Crippen LogP contribution in [0, 0.1) is 12.8 Å². The van der Waals surface area contributed by atoms with Gasteiger partial charge in [0.2, 0.25) is 5.95 Å². The first-order valence-electron chi connectivity index (χ1n) is 10.8. The van der Waals surface area contributed by atoms with E-state index in [1.165, 1.54) is 11.9 Å². The number of aryl methyl sites for hydroxylation is 1. The molecular formula is C23H28ClN5O3. The normalized spacial score (nSPS) is 23.8. The maximum absolute atomic E-state index is 14.0. The summed E-state index contributed by atoms with van der Waals surface area (Å²) in [5.74, 6) is 0.145. The molecule has 2 aromatic rings. The van der Waals surface area contributed by atoms with Crippen LogP contribution >= 0.6 is 11.6 Å². The molecule has 4 rings (SSSR count). The van der Waals surface area contributed by atoms with E-state index in [1.807, 2.05) is 25.1 Å². The van der Waals surface area contributed by atoms with E-state index in [0.717, 1.165) is 11.3 Å². The Labute approximate surface area is 192 Å². The summed E-state index contributed by atoms with van der Waals surface area (Å²) in [6.45, 7) is 4.07.